The molecule has 0 atom stereocenters. The van der Waals surface area contributed by atoms with Gasteiger partial charge in [0.15, 0.2) is 0 Å². The third-order valence-corrected chi connectivity index (χ3v) is 3.76. The van der Waals surface area contributed by atoms with Crippen LogP contribution in [0.2, 0.25) is 0 Å². The van der Waals surface area contributed by atoms with Gasteiger partial charge in [0.1, 0.15) is 17.1 Å². The Labute approximate surface area is 138 Å². The third-order valence-electron chi connectivity index (χ3n) is 3.76. The maximum atomic E-state index is 12.7. The number of fused-ring (bicyclic) bond motifs is 1. The number of ether oxygens (including phenoxy) is 1. The summed E-state index contributed by atoms with van der Waals surface area (Å²) in [6.45, 7) is 1.83. The Morgan fingerprint density at radius 3 is 2.67 bits per heavy atom. The average Bonchev–Trinajstić information content (AvgIpc) is 2.57. The van der Waals surface area contributed by atoms with Gasteiger partial charge in [-0.15, -0.1) is 0 Å². The monoisotopic (exact) mass is 323 g/mol. The van der Waals surface area contributed by atoms with Gasteiger partial charge in [0.2, 0.25) is 5.43 Å². The number of benzene rings is 1. The Morgan fingerprint density at radius 1 is 1.21 bits per heavy atom. The lowest BCUT2D eigenvalue weighted by Crippen LogP contribution is -2.24. The number of methoxy groups -OCH3 is 1. The van der Waals surface area contributed by atoms with Crippen LogP contribution in [0.1, 0.15) is 16.1 Å². The molecule has 0 saturated heterocycles. The fourth-order valence-corrected chi connectivity index (χ4v) is 2.65. The lowest BCUT2D eigenvalue weighted by atomic mass is 10.1. The van der Waals surface area contributed by atoms with E-state index >= 15 is 0 Å². The highest BCUT2D eigenvalue weighted by Gasteiger charge is 2.17. The number of hydrogen-bond donors (Lipinski definition) is 1. The van der Waals surface area contributed by atoms with Crippen LogP contribution in [0.15, 0.2) is 47.4 Å². The smallest absolute Gasteiger partial charge is 0.262 e. The third kappa shape index (κ3) is 2.74. The van der Waals surface area contributed by atoms with Crippen LogP contribution in [0.4, 0.5) is 5.82 Å². The van der Waals surface area contributed by atoms with E-state index in [1.165, 1.54) is 6.20 Å². The highest BCUT2D eigenvalue weighted by atomic mass is 16.5. The van der Waals surface area contributed by atoms with E-state index in [2.05, 4.69) is 10.3 Å². The molecule has 0 fully saturated rings. The highest BCUT2D eigenvalue weighted by Crippen LogP contribution is 2.23. The van der Waals surface area contributed by atoms with Crippen LogP contribution in [-0.2, 0) is 7.05 Å². The van der Waals surface area contributed by atoms with Crippen LogP contribution in [0.3, 0.4) is 0 Å². The molecule has 122 valence electrons. The number of aromatic nitrogens is 2. The van der Waals surface area contributed by atoms with Crippen molar-refractivity contribution in [3.8, 4) is 5.75 Å². The summed E-state index contributed by atoms with van der Waals surface area (Å²) in [6.07, 6.45) is 1.51. The van der Waals surface area contributed by atoms with Crippen LogP contribution >= 0.6 is 0 Å². The summed E-state index contributed by atoms with van der Waals surface area (Å²) in [4.78, 5) is 29.4. The second-order valence-corrected chi connectivity index (χ2v) is 5.46. The number of rotatable bonds is 3. The Morgan fingerprint density at radius 2 is 1.96 bits per heavy atom. The summed E-state index contributed by atoms with van der Waals surface area (Å²) >= 11 is 0. The molecule has 0 unspecified atom stereocenters. The maximum Gasteiger partial charge on any atom is 0.262 e. The number of aryl methyl sites for hydroxylation is 2. The minimum atomic E-state index is -0.488. The maximum absolute atomic E-state index is 12.7. The number of nitrogens with zero attached hydrogens (tertiary/aromatic N) is 2. The number of hydrogen-bond acceptors (Lipinski definition) is 4. The molecule has 0 aliphatic heterocycles. The van der Waals surface area contributed by atoms with Crippen molar-refractivity contribution in [2.45, 2.75) is 6.92 Å². The zero-order valence-corrected chi connectivity index (χ0v) is 13.7. The first-order valence-corrected chi connectivity index (χ1v) is 7.42. The van der Waals surface area contributed by atoms with Gasteiger partial charge >= 0.3 is 0 Å². The fraction of sp³-hybridized carbons (Fsp3) is 0.167. The van der Waals surface area contributed by atoms with Crippen molar-refractivity contribution in [2.24, 2.45) is 7.05 Å². The minimum Gasteiger partial charge on any atom is -0.495 e. The highest BCUT2D eigenvalue weighted by molar-refractivity contribution is 6.05. The molecule has 1 aromatic carbocycles. The Hall–Kier alpha value is -3.15. The van der Waals surface area contributed by atoms with E-state index in [1.807, 2.05) is 13.0 Å². The largest absolute Gasteiger partial charge is 0.495 e. The van der Waals surface area contributed by atoms with E-state index in [9.17, 15) is 9.59 Å². The summed E-state index contributed by atoms with van der Waals surface area (Å²) in [5.41, 5.74) is 1.15. The van der Waals surface area contributed by atoms with Crippen LogP contribution in [0.25, 0.3) is 10.9 Å². The quantitative estimate of drug-likeness (QED) is 0.804. The number of nitrogens with one attached hydrogen (secondary N) is 1. The normalized spacial score (nSPS) is 10.6. The second kappa shape index (κ2) is 6.16. The van der Waals surface area contributed by atoms with E-state index in [4.69, 9.17) is 4.74 Å². The van der Waals surface area contributed by atoms with Gasteiger partial charge in [-0.05, 0) is 31.2 Å². The van der Waals surface area contributed by atoms with Gasteiger partial charge in [-0.2, -0.15) is 0 Å². The van der Waals surface area contributed by atoms with Crippen molar-refractivity contribution in [1.82, 2.24) is 9.55 Å². The van der Waals surface area contributed by atoms with Crippen LogP contribution < -0.4 is 15.5 Å². The lowest BCUT2D eigenvalue weighted by Gasteiger charge is -2.12. The van der Waals surface area contributed by atoms with Gasteiger partial charge in [0.05, 0.1) is 18.0 Å². The van der Waals surface area contributed by atoms with E-state index in [1.54, 1.807) is 49.1 Å². The van der Waals surface area contributed by atoms with Crippen molar-refractivity contribution in [3.63, 3.8) is 0 Å². The molecule has 1 amide bonds. The fourth-order valence-electron chi connectivity index (χ4n) is 2.65. The van der Waals surface area contributed by atoms with E-state index in [0.29, 0.717) is 22.5 Å². The molecular formula is C18H17N3O3. The predicted molar refractivity (Wildman–Crippen MR) is 92.7 cm³/mol. The van der Waals surface area contributed by atoms with Crippen molar-refractivity contribution in [2.75, 3.05) is 12.4 Å². The number of carbonyl (C=O) groups is 1. The summed E-state index contributed by atoms with van der Waals surface area (Å²) in [5, 5.41) is 3.10. The Balaban J connectivity index is 2.09. The topological polar surface area (TPSA) is 73.2 Å². The molecular weight excluding hydrogens is 306 g/mol. The molecule has 0 saturated carbocycles. The number of para-hydroxylation sites is 1. The van der Waals surface area contributed by atoms with Gasteiger partial charge in [0, 0.05) is 18.9 Å². The zero-order valence-electron chi connectivity index (χ0n) is 13.7. The van der Waals surface area contributed by atoms with Gasteiger partial charge in [-0.25, -0.2) is 4.98 Å². The summed E-state index contributed by atoms with van der Waals surface area (Å²) in [7, 11) is 3.31. The summed E-state index contributed by atoms with van der Waals surface area (Å²) in [5.74, 6) is 0.505. The molecule has 6 nitrogen and oxygen atoms in total. The molecule has 1 N–H and O–H groups in total. The SMILES string of the molecule is COc1cccc2c(=O)c(C(=O)Nc3cccc(C)n3)cn(C)c12. The standard InChI is InChI=1S/C18H17N3O3/c1-11-6-4-9-15(19-11)20-18(23)13-10-21(2)16-12(17(13)22)7-5-8-14(16)24-3/h4-10H,1-3H3,(H,19,20,23). The first-order chi connectivity index (χ1) is 11.5. The first kappa shape index (κ1) is 15.7. The first-order valence-electron chi connectivity index (χ1n) is 7.42. The molecule has 0 aliphatic carbocycles. The molecule has 2 heterocycles. The van der Waals surface area contributed by atoms with Crippen LogP contribution in [0, 0.1) is 6.92 Å². The number of anilines is 1. The molecule has 0 radical (unpaired) electrons. The van der Waals surface area contributed by atoms with Crippen molar-refractivity contribution in [1.29, 1.82) is 0 Å². The zero-order chi connectivity index (χ0) is 17.3. The van der Waals surface area contributed by atoms with E-state index < -0.39 is 5.91 Å². The van der Waals surface area contributed by atoms with Gasteiger partial charge < -0.3 is 14.6 Å². The van der Waals surface area contributed by atoms with Gasteiger partial charge in [-0.1, -0.05) is 12.1 Å². The molecule has 0 aliphatic rings. The molecule has 3 aromatic rings. The Bertz CT molecular complexity index is 992. The molecule has 6 heteroatoms. The van der Waals surface area contributed by atoms with Crippen molar-refractivity contribution >= 4 is 22.6 Å². The number of carbonyl (C=O) groups excluding carboxylic acids is 1. The van der Waals surface area contributed by atoms with Gasteiger partial charge in [0.25, 0.3) is 5.91 Å². The van der Waals surface area contributed by atoms with Crippen LogP contribution in [-0.4, -0.2) is 22.6 Å². The summed E-state index contributed by atoms with van der Waals surface area (Å²) < 4.78 is 7.02. The average molecular weight is 323 g/mol. The van der Waals surface area contributed by atoms with Crippen molar-refractivity contribution < 1.29 is 9.53 Å². The van der Waals surface area contributed by atoms with Gasteiger partial charge in [-0.3, -0.25) is 9.59 Å². The van der Waals surface area contributed by atoms with Crippen LogP contribution in [0.5, 0.6) is 5.75 Å². The molecule has 3 rings (SSSR count). The molecule has 0 spiro atoms. The molecule has 2 aromatic heterocycles. The van der Waals surface area contributed by atoms with E-state index in [-0.39, 0.29) is 11.0 Å². The lowest BCUT2D eigenvalue weighted by molar-refractivity contribution is 0.102. The molecule has 0 bridgehead atoms. The number of amides is 1. The number of pyridine rings is 2. The predicted octanol–water partition coefficient (Wildman–Crippen LogP) is 2.50. The van der Waals surface area contributed by atoms with Crippen molar-refractivity contribution in [3.05, 3.63) is 64.1 Å². The minimum absolute atomic E-state index is 0.0570. The summed E-state index contributed by atoms with van der Waals surface area (Å²) in [6, 6.07) is 10.5. The Kier molecular flexibility index (Phi) is 4.04. The van der Waals surface area contributed by atoms with E-state index in [0.717, 1.165) is 5.69 Å². The molecule has 24 heavy (non-hydrogen) atoms. The second-order valence-electron chi connectivity index (χ2n) is 5.46.